The molecule has 23 heavy (non-hydrogen) atoms. The lowest BCUT2D eigenvalue weighted by Gasteiger charge is -2.17. The van der Waals surface area contributed by atoms with Gasteiger partial charge in [0.2, 0.25) is 0 Å². The quantitative estimate of drug-likeness (QED) is 0.746. The number of rotatable bonds is 9. The Bertz CT molecular complexity index is 529. The Kier molecular flexibility index (Phi) is 7.10. The van der Waals surface area contributed by atoms with Crippen LogP contribution in [0.1, 0.15) is 11.1 Å². The molecule has 2 aromatic rings. The van der Waals surface area contributed by atoms with Gasteiger partial charge < -0.3 is 19.9 Å². The summed E-state index contributed by atoms with van der Waals surface area (Å²) in [6.45, 7) is 1.40. The minimum Gasteiger partial charge on any atom is -0.465 e. The minimum absolute atomic E-state index is 0.260. The molecule has 5 heteroatoms. The molecule has 0 aromatic heterocycles. The van der Waals surface area contributed by atoms with E-state index >= 15 is 0 Å². The van der Waals surface area contributed by atoms with Crippen LogP contribution < -0.4 is 5.32 Å². The first-order valence-electron chi connectivity index (χ1n) is 7.47. The van der Waals surface area contributed by atoms with Crippen LogP contribution in [0.4, 0.5) is 4.79 Å². The van der Waals surface area contributed by atoms with Crippen molar-refractivity contribution >= 4 is 6.09 Å². The van der Waals surface area contributed by atoms with E-state index < -0.39 is 12.1 Å². The van der Waals surface area contributed by atoms with Gasteiger partial charge >= 0.3 is 6.09 Å². The summed E-state index contributed by atoms with van der Waals surface area (Å²) >= 11 is 0. The highest BCUT2D eigenvalue weighted by atomic mass is 16.5. The van der Waals surface area contributed by atoms with Crippen molar-refractivity contribution in [2.24, 2.45) is 0 Å². The van der Waals surface area contributed by atoms with Crippen LogP contribution >= 0.6 is 0 Å². The molecule has 2 aromatic carbocycles. The topological polar surface area (TPSA) is 67.8 Å². The number of carbonyl (C=O) groups is 1. The molecule has 0 fully saturated rings. The first kappa shape index (κ1) is 17.0. The van der Waals surface area contributed by atoms with Gasteiger partial charge in [-0.1, -0.05) is 60.7 Å². The van der Waals surface area contributed by atoms with Crippen LogP contribution in [0, 0.1) is 0 Å². The lowest BCUT2D eigenvalue weighted by atomic mass is 10.2. The van der Waals surface area contributed by atoms with Crippen LogP contribution in [-0.2, 0) is 22.7 Å². The van der Waals surface area contributed by atoms with Crippen LogP contribution in [-0.4, -0.2) is 30.5 Å². The van der Waals surface area contributed by atoms with Gasteiger partial charge in [-0.3, -0.25) is 0 Å². The van der Waals surface area contributed by atoms with E-state index in [2.05, 4.69) is 5.32 Å². The summed E-state index contributed by atoms with van der Waals surface area (Å²) in [5.41, 5.74) is 2.10. The average molecular weight is 315 g/mol. The number of hydrogen-bond acceptors (Lipinski definition) is 3. The smallest absolute Gasteiger partial charge is 0.405 e. The third-order valence-corrected chi connectivity index (χ3v) is 3.19. The highest BCUT2D eigenvalue weighted by molar-refractivity contribution is 5.64. The average Bonchev–Trinajstić information content (AvgIpc) is 2.56. The van der Waals surface area contributed by atoms with Crippen molar-refractivity contribution in [2.75, 3.05) is 13.2 Å². The molecular weight excluding hydrogens is 294 g/mol. The number of hydrogen-bond donors (Lipinski definition) is 2. The third kappa shape index (κ3) is 6.95. The molecule has 2 N–H and O–H groups in total. The zero-order chi connectivity index (χ0) is 16.3. The molecule has 5 nitrogen and oxygen atoms in total. The fourth-order valence-corrected chi connectivity index (χ4v) is 2.09. The van der Waals surface area contributed by atoms with Crippen LogP contribution in [0.25, 0.3) is 0 Å². The van der Waals surface area contributed by atoms with Crippen molar-refractivity contribution in [3.63, 3.8) is 0 Å². The highest BCUT2D eigenvalue weighted by Crippen LogP contribution is 2.03. The van der Waals surface area contributed by atoms with E-state index in [-0.39, 0.29) is 13.2 Å². The Morgan fingerprint density at radius 1 is 0.870 bits per heavy atom. The molecule has 0 bridgehead atoms. The summed E-state index contributed by atoms with van der Waals surface area (Å²) in [7, 11) is 0. The maximum atomic E-state index is 10.9. The summed E-state index contributed by atoms with van der Waals surface area (Å²) in [5.74, 6) is 0. The Morgan fingerprint density at radius 3 is 1.70 bits per heavy atom. The van der Waals surface area contributed by atoms with Crippen molar-refractivity contribution in [1.82, 2.24) is 5.32 Å². The van der Waals surface area contributed by atoms with Crippen molar-refractivity contribution in [1.29, 1.82) is 0 Å². The molecular formula is C18H21NO4. The van der Waals surface area contributed by atoms with Gasteiger partial charge in [0, 0.05) is 0 Å². The first-order valence-corrected chi connectivity index (χ1v) is 7.47. The summed E-state index contributed by atoms with van der Waals surface area (Å²) in [4.78, 5) is 10.9. The van der Waals surface area contributed by atoms with Gasteiger partial charge in [0.05, 0.1) is 32.5 Å². The zero-order valence-corrected chi connectivity index (χ0v) is 12.9. The summed E-state index contributed by atoms with van der Waals surface area (Å²) < 4.78 is 11.2. The van der Waals surface area contributed by atoms with E-state index in [1.807, 2.05) is 60.7 Å². The first-order chi connectivity index (χ1) is 11.2. The third-order valence-electron chi connectivity index (χ3n) is 3.19. The Morgan fingerprint density at radius 2 is 1.30 bits per heavy atom. The van der Waals surface area contributed by atoms with Crippen molar-refractivity contribution < 1.29 is 19.4 Å². The molecule has 0 aliphatic carbocycles. The SMILES string of the molecule is O=C(O)NC(COCc1ccccc1)COCc1ccccc1. The van der Waals surface area contributed by atoms with Gasteiger partial charge in [0.25, 0.3) is 0 Å². The number of benzene rings is 2. The van der Waals surface area contributed by atoms with Crippen molar-refractivity contribution in [2.45, 2.75) is 19.3 Å². The molecule has 0 atom stereocenters. The van der Waals surface area contributed by atoms with Gasteiger partial charge in [-0.25, -0.2) is 4.79 Å². The second-order valence-corrected chi connectivity index (χ2v) is 5.15. The predicted octanol–water partition coefficient (Wildman–Crippen LogP) is 3.06. The van der Waals surface area contributed by atoms with Crippen LogP contribution in [0.5, 0.6) is 0 Å². The minimum atomic E-state index is -1.08. The number of nitrogens with one attached hydrogen (secondary N) is 1. The van der Waals surface area contributed by atoms with E-state index in [1.165, 1.54) is 0 Å². The van der Waals surface area contributed by atoms with Crippen LogP contribution in [0.2, 0.25) is 0 Å². The lowest BCUT2D eigenvalue weighted by molar-refractivity contribution is 0.0434. The van der Waals surface area contributed by atoms with Gasteiger partial charge in [0.1, 0.15) is 0 Å². The predicted molar refractivity (Wildman–Crippen MR) is 87.1 cm³/mol. The van der Waals surface area contributed by atoms with E-state index in [4.69, 9.17) is 14.6 Å². The summed E-state index contributed by atoms with van der Waals surface area (Å²) in [5, 5.41) is 11.3. The van der Waals surface area contributed by atoms with Gasteiger partial charge in [0.15, 0.2) is 0 Å². The lowest BCUT2D eigenvalue weighted by Crippen LogP contribution is -2.40. The van der Waals surface area contributed by atoms with Crippen molar-refractivity contribution in [3.8, 4) is 0 Å². The highest BCUT2D eigenvalue weighted by Gasteiger charge is 2.12. The maximum absolute atomic E-state index is 10.9. The number of ether oxygens (including phenoxy) is 2. The van der Waals surface area contributed by atoms with E-state index in [0.717, 1.165) is 11.1 Å². The van der Waals surface area contributed by atoms with E-state index in [9.17, 15) is 4.79 Å². The van der Waals surface area contributed by atoms with Crippen molar-refractivity contribution in [3.05, 3.63) is 71.8 Å². The van der Waals surface area contributed by atoms with Gasteiger partial charge in [-0.05, 0) is 11.1 Å². The monoisotopic (exact) mass is 315 g/mol. The molecule has 0 aliphatic rings. The molecule has 0 heterocycles. The molecule has 0 aliphatic heterocycles. The van der Waals surface area contributed by atoms with Crippen LogP contribution in [0.15, 0.2) is 60.7 Å². The molecule has 0 saturated carbocycles. The largest absolute Gasteiger partial charge is 0.465 e. The van der Waals surface area contributed by atoms with E-state index in [0.29, 0.717) is 13.2 Å². The maximum Gasteiger partial charge on any atom is 0.405 e. The van der Waals surface area contributed by atoms with Gasteiger partial charge in [-0.15, -0.1) is 0 Å². The van der Waals surface area contributed by atoms with Crippen LogP contribution in [0.3, 0.4) is 0 Å². The normalized spacial score (nSPS) is 10.7. The second-order valence-electron chi connectivity index (χ2n) is 5.15. The molecule has 2 rings (SSSR count). The molecule has 0 unspecified atom stereocenters. The zero-order valence-electron chi connectivity index (χ0n) is 12.9. The second kappa shape index (κ2) is 9.61. The molecule has 1 amide bonds. The summed E-state index contributed by atoms with van der Waals surface area (Å²) in [6, 6.07) is 19.1. The molecule has 0 spiro atoms. The Hall–Kier alpha value is -2.37. The molecule has 0 radical (unpaired) electrons. The molecule has 0 saturated heterocycles. The Labute approximate surface area is 135 Å². The fourth-order valence-electron chi connectivity index (χ4n) is 2.09. The Balaban J connectivity index is 1.74. The summed E-state index contributed by atoms with van der Waals surface area (Å²) in [6.07, 6.45) is -1.08. The number of amides is 1. The van der Waals surface area contributed by atoms with E-state index in [1.54, 1.807) is 0 Å². The number of carboxylic acid groups (broad SMARTS) is 1. The standard InChI is InChI=1S/C18H21NO4/c20-18(21)19-17(13-22-11-15-7-3-1-4-8-15)14-23-12-16-9-5-2-6-10-16/h1-10,17,19H,11-14H2,(H,20,21). The fraction of sp³-hybridized carbons (Fsp3) is 0.278. The molecule has 122 valence electrons. The van der Waals surface area contributed by atoms with Gasteiger partial charge in [-0.2, -0.15) is 0 Å².